The summed E-state index contributed by atoms with van der Waals surface area (Å²) in [5.41, 5.74) is 4.37. The maximum Gasteiger partial charge on any atom is 0.0723 e. The van der Waals surface area contributed by atoms with Gasteiger partial charge in [0.05, 0.1) is 12.2 Å². The Morgan fingerprint density at radius 3 is 2.54 bits per heavy atom. The first kappa shape index (κ1) is 18.4. The largest absolute Gasteiger partial charge is 0.373 e. The molecule has 5 rings (SSSR count). The molecule has 3 aliphatic rings. The highest BCUT2D eigenvalue weighted by Gasteiger charge is 2.46. The van der Waals surface area contributed by atoms with Crippen LogP contribution in [-0.2, 0) is 11.3 Å². The number of hydrogen-bond acceptors (Lipinski definition) is 3. The van der Waals surface area contributed by atoms with Gasteiger partial charge < -0.3 is 10.1 Å². The second-order valence-electron chi connectivity index (χ2n) is 9.18. The average molecular weight is 377 g/mol. The predicted octanol–water partition coefficient (Wildman–Crippen LogP) is 4.26. The zero-order valence-electron chi connectivity index (χ0n) is 16.9. The van der Waals surface area contributed by atoms with Crippen LogP contribution in [0.4, 0.5) is 0 Å². The first-order valence-corrected chi connectivity index (χ1v) is 10.9. The van der Waals surface area contributed by atoms with Crippen LogP contribution in [0.2, 0.25) is 0 Å². The summed E-state index contributed by atoms with van der Waals surface area (Å²) in [6, 6.07) is 21.1. The highest BCUT2D eigenvalue weighted by molar-refractivity contribution is 5.28. The average Bonchev–Trinajstić information content (AvgIpc) is 3.39. The summed E-state index contributed by atoms with van der Waals surface area (Å²) >= 11 is 0. The van der Waals surface area contributed by atoms with Gasteiger partial charge >= 0.3 is 0 Å². The molecule has 3 heteroatoms. The molecule has 3 nitrogen and oxygen atoms in total. The van der Waals surface area contributed by atoms with Gasteiger partial charge in [0, 0.05) is 37.6 Å². The zero-order valence-corrected chi connectivity index (χ0v) is 16.9. The normalized spacial score (nSPS) is 29.2. The molecule has 2 saturated heterocycles. The minimum atomic E-state index is 0.124. The van der Waals surface area contributed by atoms with E-state index in [-0.39, 0.29) is 5.60 Å². The Kier molecular flexibility index (Phi) is 5.00. The van der Waals surface area contributed by atoms with Crippen molar-refractivity contribution in [2.24, 2.45) is 0 Å². The SMILES string of the molecule is Cc1ccc(CN2CCC3(CC2)CC(N[C@@H]2C[C@H]2c2ccccc2)CO3)cc1. The standard InChI is InChI=1S/C25H32N2O/c1-19-7-9-20(10-8-19)17-27-13-11-25(12-14-27)16-22(18-28-25)26-24-15-23(24)21-5-3-2-4-6-21/h2-10,22-24,26H,11-18H2,1H3/t22?,23-,24+/m0/s1. The van der Waals surface area contributed by atoms with E-state index in [1.54, 1.807) is 0 Å². The van der Waals surface area contributed by atoms with Crippen LogP contribution in [0.3, 0.4) is 0 Å². The molecule has 2 aromatic rings. The van der Waals surface area contributed by atoms with Gasteiger partial charge in [-0.2, -0.15) is 0 Å². The minimum absolute atomic E-state index is 0.124. The molecule has 1 unspecified atom stereocenters. The molecular weight excluding hydrogens is 344 g/mol. The van der Waals surface area contributed by atoms with Crippen molar-refractivity contribution >= 4 is 0 Å². The molecule has 1 spiro atoms. The van der Waals surface area contributed by atoms with E-state index in [4.69, 9.17) is 4.74 Å². The monoisotopic (exact) mass is 376 g/mol. The van der Waals surface area contributed by atoms with E-state index in [1.165, 1.54) is 42.4 Å². The second kappa shape index (κ2) is 7.62. The minimum Gasteiger partial charge on any atom is -0.373 e. The lowest BCUT2D eigenvalue weighted by molar-refractivity contribution is -0.0449. The van der Waals surface area contributed by atoms with Gasteiger partial charge in [0.2, 0.25) is 0 Å². The van der Waals surface area contributed by atoms with Crippen LogP contribution < -0.4 is 5.32 Å². The molecule has 3 atom stereocenters. The topological polar surface area (TPSA) is 24.5 Å². The molecule has 148 valence electrons. The molecule has 1 N–H and O–H groups in total. The first-order chi connectivity index (χ1) is 13.7. The van der Waals surface area contributed by atoms with Gasteiger partial charge in [-0.25, -0.2) is 0 Å². The molecule has 0 bridgehead atoms. The predicted molar refractivity (Wildman–Crippen MR) is 114 cm³/mol. The Morgan fingerprint density at radius 1 is 1.04 bits per heavy atom. The van der Waals surface area contributed by atoms with Gasteiger partial charge in [-0.1, -0.05) is 60.2 Å². The highest BCUT2D eigenvalue weighted by atomic mass is 16.5. The fourth-order valence-electron chi connectivity index (χ4n) is 5.12. The van der Waals surface area contributed by atoms with Gasteiger partial charge in [-0.05, 0) is 43.7 Å². The van der Waals surface area contributed by atoms with Gasteiger partial charge in [0.25, 0.3) is 0 Å². The van der Waals surface area contributed by atoms with Crippen LogP contribution in [0.15, 0.2) is 54.6 Å². The van der Waals surface area contributed by atoms with Crippen molar-refractivity contribution in [1.82, 2.24) is 10.2 Å². The number of piperidine rings is 1. The third-order valence-corrected chi connectivity index (χ3v) is 6.97. The molecule has 0 radical (unpaired) electrons. The Labute approximate surface area is 169 Å². The summed E-state index contributed by atoms with van der Waals surface area (Å²) in [6.45, 7) is 6.40. The molecule has 0 amide bonds. The summed E-state index contributed by atoms with van der Waals surface area (Å²) < 4.78 is 6.39. The van der Waals surface area contributed by atoms with Crippen molar-refractivity contribution in [2.45, 2.75) is 62.8 Å². The number of aryl methyl sites for hydroxylation is 1. The van der Waals surface area contributed by atoms with E-state index in [1.807, 2.05) is 0 Å². The molecule has 28 heavy (non-hydrogen) atoms. The fourth-order valence-corrected chi connectivity index (χ4v) is 5.12. The number of nitrogens with zero attached hydrogens (tertiary/aromatic N) is 1. The molecule has 3 fully saturated rings. The van der Waals surface area contributed by atoms with Crippen molar-refractivity contribution in [3.8, 4) is 0 Å². The number of hydrogen-bond donors (Lipinski definition) is 1. The number of nitrogens with one attached hydrogen (secondary N) is 1. The molecule has 2 aromatic carbocycles. The summed E-state index contributed by atoms with van der Waals surface area (Å²) in [4.78, 5) is 2.59. The van der Waals surface area contributed by atoms with Crippen molar-refractivity contribution < 1.29 is 4.74 Å². The van der Waals surface area contributed by atoms with Gasteiger partial charge in [-0.15, -0.1) is 0 Å². The first-order valence-electron chi connectivity index (χ1n) is 10.9. The van der Waals surface area contributed by atoms with Crippen LogP contribution in [-0.4, -0.2) is 42.3 Å². The Morgan fingerprint density at radius 2 is 1.79 bits per heavy atom. The molecule has 1 aliphatic carbocycles. The molecule has 0 aromatic heterocycles. The maximum atomic E-state index is 6.39. The lowest BCUT2D eigenvalue weighted by atomic mass is 9.87. The molecule has 2 heterocycles. The zero-order chi connectivity index (χ0) is 19.0. The van der Waals surface area contributed by atoms with E-state index in [2.05, 4.69) is 71.7 Å². The van der Waals surface area contributed by atoms with E-state index < -0.39 is 0 Å². The van der Waals surface area contributed by atoms with Crippen molar-refractivity contribution in [1.29, 1.82) is 0 Å². The number of benzene rings is 2. The second-order valence-corrected chi connectivity index (χ2v) is 9.18. The smallest absolute Gasteiger partial charge is 0.0723 e. The van der Waals surface area contributed by atoms with Crippen LogP contribution >= 0.6 is 0 Å². The Hall–Kier alpha value is -1.68. The fraction of sp³-hybridized carbons (Fsp3) is 0.520. The third kappa shape index (κ3) is 4.03. The van der Waals surface area contributed by atoms with Crippen LogP contribution in [0, 0.1) is 6.92 Å². The highest BCUT2D eigenvalue weighted by Crippen LogP contribution is 2.43. The van der Waals surface area contributed by atoms with Gasteiger partial charge in [0.1, 0.15) is 0 Å². The van der Waals surface area contributed by atoms with E-state index in [9.17, 15) is 0 Å². The van der Waals surface area contributed by atoms with Crippen LogP contribution in [0.1, 0.15) is 48.3 Å². The summed E-state index contributed by atoms with van der Waals surface area (Å²) in [5, 5.41) is 3.89. The molecule has 2 aliphatic heterocycles. The number of likely N-dealkylation sites (tertiary alicyclic amines) is 1. The van der Waals surface area contributed by atoms with E-state index in [0.29, 0.717) is 18.0 Å². The van der Waals surface area contributed by atoms with Crippen molar-refractivity contribution in [2.75, 3.05) is 19.7 Å². The van der Waals surface area contributed by atoms with Crippen LogP contribution in [0.5, 0.6) is 0 Å². The van der Waals surface area contributed by atoms with Crippen molar-refractivity contribution in [3.05, 3.63) is 71.3 Å². The summed E-state index contributed by atoms with van der Waals surface area (Å²) in [6.07, 6.45) is 4.80. The van der Waals surface area contributed by atoms with Crippen molar-refractivity contribution in [3.63, 3.8) is 0 Å². The number of rotatable bonds is 5. The van der Waals surface area contributed by atoms with Gasteiger partial charge in [0.15, 0.2) is 0 Å². The van der Waals surface area contributed by atoms with E-state index in [0.717, 1.165) is 26.2 Å². The maximum absolute atomic E-state index is 6.39. The van der Waals surface area contributed by atoms with E-state index >= 15 is 0 Å². The molecule has 1 saturated carbocycles. The van der Waals surface area contributed by atoms with Gasteiger partial charge in [-0.3, -0.25) is 4.90 Å². The lowest BCUT2D eigenvalue weighted by Gasteiger charge is -2.38. The van der Waals surface area contributed by atoms with Crippen LogP contribution in [0.25, 0.3) is 0 Å². The Balaban J connectivity index is 1.09. The summed E-state index contributed by atoms with van der Waals surface area (Å²) in [7, 11) is 0. The summed E-state index contributed by atoms with van der Waals surface area (Å²) in [5.74, 6) is 0.703. The third-order valence-electron chi connectivity index (χ3n) is 6.97. The number of ether oxygens (including phenoxy) is 1. The molecular formula is C25H32N2O. The Bertz CT molecular complexity index is 780. The lowest BCUT2D eigenvalue weighted by Crippen LogP contribution is -2.44. The quantitative estimate of drug-likeness (QED) is 0.844.